The maximum absolute atomic E-state index is 9.57. The Balaban J connectivity index is 3.37. The van der Waals surface area contributed by atoms with E-state index in [1.165, 1.54) is 13.1 Å². The fourth-order valence-electron chi connectivity index (χ4n) is 0.220. The van der Waals surface area contributed by atoms with Gasteiger partial charge in [0.1, 0.15) is 0 Å². The highest BCUT2D eigenvalue weighted by atomic mass is 16.7. The van der Waals surface area contributed by atoms with E-state index >= 15 is 0 Å². The second-order valence-corrected chi connectivity index (χ2v) is 1.01. The molecule has 0 radical (unpaired) electrons. The number of isocyanates is 1. The third-order valence-corrected chi connectivity index (χ3v) is 0.451. The predicted octanol–water partition coefficient (Wildman–Crippen LogP) is -0.0840. The van der Waals surface area contributed by atoms with Gasteiger partial charge in [0.15, 0.2) is 13.7 Å². The first-order valence-electron chi connectivity index (χ1n) is 2.05. The number of carbonyl (C=O) groups excluding carboxylic acids is 1. The van der Waals surface area contributed by atoms with E-state index in [1.54, 1.807) is 6.92 Å². The van der Waals surface area contributed by atoms with Gasteiger partial charge in [-0.05, 0) is 6.92 Å². The van der Waals surface area contributed by atoms with E-state index in [1.807, 2.05) is 0 Å². The molecular formula is C4H8NO2+. The highest BCUT2D eigenvalue weighted by Crippen LogP contribution is 1.65. The summed E-state index contributed by atoms with van der Waals surface area (Å²) >= 11 is 0. The molecule has 3 heteroatoms. The summed E-state index contributed by atoms with van der Waals surface area (Å²) in [4.78, 5) is 14.2. The minimum absolute atomic E-state index is 0.506. The van der Waals surface area contributed by atoms with Gasteiger partial charge in [-0.15, -0.1) is 0 Å². The number of hydroxylamine groups is 1. The molecule has 0 unspecified atom stereocenters. The summed E-state index contributed by atoms with van der Waals surface area (Å²) < 4.78 is 1.00. The number of rotatable bonds is 2. The van der Waals surface area contributed by atoms with Crippen molar-refractivity contribution in [2.75, 3.05) is 13.7 Å². The largest absolute Gasteiger partial charge is 0.476 e. The third kappa shape index (κ3) is 3.00. The van der Waals surface area contributed by atoms with Crippen molar-refractivity contribution in [3.05, 3.63) is 0 Å². The maximum Gasteiger partial charge on any atom is 0.476 e. The van der Waals surface area contributed by atoms with Crippen molar-refractivity contribution in [1.29, 1.82) is 0 Å². The van der Waals surface area contributed by atoms with Gasteiger partial charge in [0, 0.05) is 0 Å². The molecule has 0 heterocycles. The topological polar surface area (TPSA) is 29.3 Å². The summed E-state index contributed by atoms with van der Waals surface area (Å²) in [6, 6.07) is 0. The van der Waals surface area contributed by atoms with Gasteiger partial charge >= 0.3 is 6.08 Å². The average molecular weight is 102 g/mol. The first kappa shape index (κ1) is 6.18. The average Bonchev–Trinajstić information content (AvgIpc) is 1.68. The van der Waals surface area contributed by atoms with Crippen LogP contribution in [-0.2, 0) is 9.63 Å². The van der Waals surface area contributed by atoms with Crippen molar-refractivity contribution in [3.8, 4) is 0 Å². The summed E-state index contributed by atoms with van der Waals surface area (Å²) in [5.74, 6) is 0. The van der Waals surface area contributed by atoms with Crippen molar-refractivity contribution < 1.29 is 14.4 Å². The second-order valence-electron chi connectivity index (χ2n) is 1.01. The molecule has 0 aliphatic carbocycles. The van der Waals surface area contributed by atoms with Gasteiger partial charge in [-0.1, -0.05) is 0 Å². The summed E-state index contributed by atoms with van der Waals surface area (Å²) in [5.41, 5.74) is 0. The maximum atomic E-state index is 9.57. The molecule has 3 nitrogen and oxygen atoms in total. The van der Waals surface area contributed by atoms with Crippen molar-refractivity contribution >= 4 is 6.08 Å². The second kappa shape index (κ2) is 3.37. The lowest BCUT2D eigenvalue weighted by molar-refractivity contribution is -0.765. The Labute approximate surface area is 42.2 Å². The van der Waals surface area contributed by atoms with Crippen LogP contribution in [0.25, 0.3) is 0 Å². The lowest BCUT2D eigenvalue weighted by atomic mass is 10.9. The van der Waals surface area contributed by atoms with Crippen LogP contribution >= 0.6 is 0 Å². The molecule has 7 heavy (non-hydrogen) atoms. The summed E-state index contributed by atoms with van der Waals surface area (Å²) in [6.45, 7) is 2.31. The van der Waals surface area contributed by atoms with Crippen LogP contribution in [0.4, 0.5) is 0 Å². The Hall–Kier alpha value is -0.820. The van der Waals surface area contributed by atoms with E-state index < -0.39 is 0 Å². The van der Waals surface area contributed by atoms with Gasteiger partial charge in [-0.2, -0.15) is 4.79 Å². The zero-order valence-electron chi connectivity index (χ0n) is 4.47. The molecular weight excluding hydrogens is 94.0 g/mol. The minimum Gasteiger partial charge on any atom is -0.265 e. The quantitative estimate of drug-likeness (QED) is 0.211. The lowest BCUT2D eigenvalue weighted by Crippen LogP contribution is -2.03. The molecule has 0 N–H and O–H groups in total. The van der Waals surface area contributed by atoms with Gasteiger partial charge in [0.05, 0.1) is 4.74 Å². The van der Waals surface area contributed by atoms with Gasteiger partial charge in [-0.3, -0.25) is 4.84 Å². The Morgan fingerprint density at radius 2 is 2.43 bits per heavy atom. The van der Waals surface area contributed by atoms with E-state index in [0.29, 0.717) is 6.61 Å². The Bertz CT molecular complexity index is 93.9. The molecule has 0 spiro atoms. The molecule has 0 aliphatic rings. The zero-order chi connectivity index (χ0) is 5.70. The van der Waals surface area contributed by atoms with E-state index in [0.717, 1.165) is 4.74 Å². The van der Waals surface area contributed by atoms with Crippen molar-refractivity contribution in [3.63, 3.8) is 0 Å². The smallest absolute Gasteiger partial charge is 0.265 e. The van der Waals surface area contributed by atoms with Gasteiger partial charge < -0.3 is 0 Å². The van der Waals surface area contributed by atoms with Crippen molar-refractivity contribution in [2.45, 2.75) is 6.92 Å². The fourth-order valence-corrected chi connectivity index (χ4v) is 0.220. The minimum atomic E-state index is 0.506. The molecule has 0 bridgehead atoms. The van der Waals surface area contributed by atoms with E-state index in [4.69, 9.17) is 0 Å². The van der Waals surface area contributed by atoms with Gasteiger partial charge in [-0.25, -0.2) is 0 Å². The molecule has 0 aromatic rings. The van der Waals surface area contributed by atoms with Crippen LogP contribution in [0.15, 0.2) is 0 Å². The van der Waals surface area contributed by atoms with Crippen LogP contribution in [0.1, 0.15) is 6.92 Å². The lowest BCUT2D eigenvalue weighted by Gasteiger charge is -1.83. The molecule has 0 rings (SSSR count). The first-order valence-corrected chi connectivity index (χ1v) is 2.05. The van der Waals surface area contributed by atoms with Crippen molar-refractivity contribution in [2.24, 2.45) is 0 Å². The number of hydrogen-bond acceptors (Lipinski definition) is 2. The van der Waals surface area contributed by atoms with Crippen LogP contribution in [0, 0.1) is 0 Å². The molecule has 0 aliphatic heterocycles. The Kier molecular flexibility index (Phi) is 2.98. The zero-order valence-corrected chi connectivity index (χ0v) is 4.47. The normalized spacial score (nSPS) is 7.14. The van der Waals surface area contributed by atoms with E-state index in [2.05, 4.69) is 4.84 Å². The van der Waals surface area contributed by atoms with Crippen molar-refractivity contribution in [1.82, 2.24) is 0 Å². The molecule has 0 aromatic heterocycles. The van der Waals surface area contributed by atoms with Crippen LogP contribution < -0.4 is 0 Å². The van der Waals surface area contributed by atoms with Crippen LogP contribution in [-0.4, -0.2) is 24.5 Å². The molecule has 0 atom stereocenters. The monoisotopic (exact) mass is 102 g/mol. The molecule has 0 saturated heterocycles. The third-order valence-electron chi connectivity index (χ3n) is 0.451. The fraction of sp³-hybridized carbons (Fsp3) is 0.750. The number of nitrogens with zero attached hydrogens (tertiary/aromatic N) is 1. The van der Waals surface area contributed by atoms with Gasteiger partial charge in [0.25, 0.3) is 0 Å². The van der Waals surface area contributed by atoms with Crippen LogP contribution in [0.2, 0.25) is 0 Å². The summed E-state index contributed by atoms with van der Waals surface area (Å²) in [7, 11) is 1.50. The standard InChI is InChI=1S/C4H8NO2/c1-3-7-5(2)4-6/h3H2,1-2H3/q+1. The predicted molar refractivity (Wildman–Crippen MR) is 23.5 cm³/mol. The highest BCUT2D eigenvalue weighted by molar-refractivity contribution is 5.23. The Morgan fingerprint density at radius 3 is 2.57 bits per heavy atom. The molecule has 0 aromatic carbocycles. The highest BCUT2D eigenvalue weighted by Gasteiger charge is 1.87. The summed E-state index contributed by atoms with van der Waals surface area (Å²) in [5, 5.41) is 0. The van der Waals surface area contributed by atoms with Crippen LogP contribution in [0.5, 0.6) is 0 Å². The molecule has 0 saturated carbocycles. The van der Waals surface area contributed by atoms with Gasteiger partial charge in [0.2, 0.25) is 0 Å². The SMILES string of the molecule is CCO[N+](C)=C=O. The summed E-state index contributed by atoms with van der Waals surface area (Å²) in [6.07, 6.45) is 1.53. The first-order chi connectivity index (χ1) is 3.31. The van der Waals surface area contributed by atoms with E-state index in [9.17, 15) is 4.79 Å². The molecule has 0 fully saturated rings. The number of hydrogen-bond donors (Lipinski definition) is 0. The van der Waals surface area contributed by atoms with Crippen LogP contribution in [0.3, 0.4) is 0 Å². The Morgan fingerprint density at radius 1 is 1.86 bits per heavy atom. The molecule has 40 valence electrons. The molecule has 0 amide bonds. The van der Waals surface area contributed by atoms with E-state index in [-0.39, 0.29) is 0 Å².